The number of hydrogen-bond acceptors (Lipinski definition) is 4. The summed E-state index contributed by atoms with van der Waals surface area (Å²) < 4.78 is 5.16. The minimum Gasteiger partial charge on any atom is -0.444 e. The van der Waals surface area contributed by atoms with E-state index in [0.717, 1.165) is 0 Å². The van der Waals surface area contributed by atoms with E-state index in [9.17, 15) is 4.79 Å². The molecule has 5 heteroatoms. The Hall–Kier alpha value is -1.75. The summed E-state index contributed by atoms with van der Waals surface area (Å²) in [7, 11) is 0. The third kappa shape index (κ3) is 6.67. The molecule has 0 heterocycles. The zero-order chi connectivity index (χ0) is 12.6. The number of hydrogen-bond donors (Lipinski definition) is 0. The van der Waals surface area contributed by atoms with Gasteiger partial charge in [0.05, 0.1) is 25.0 Å². The zero-order valence-electron chi connectivity index (χ0n) is 9.99. The van der Waals surface area contributed by atoms with E-state index >= 15 is 0 Å². The monoisotopic (exact) mass is 223 g/mol. The van der Waals surface area contributed by atoms with Crippen molar-refractivity contribution in [2.75, 3.05) is 13.1 Å². The van der Waals surface area contributed by atoms with E-state index in [4.69, 9.17) is 15.3 Å². The van der Waals surface area contributed by atoms with Crippen molar-refractivity contribution in [3.05, 3.63) is 0 Å². The number of carbonyl (C=O) groups is 1. The fraction of sp³-hybridized carbons (Fsp3) is 0.727. The van der Waals surface area contributed by atoms with Gasteiger partial charge in [0.15, 0.2) is 0 Å². The molecule has 0 N–H and O–H groups in total. The molecule has 1 amide bonds. The van der Waals surface area contributed by atoms with Gasteiger partial charge >= 0.3 is 6.09 Å². The third-order valence-electron chi connectivity index (χ3n) is 1.64. The lowest BCUT2D eigenvalue weighted by atomic mass is 10.2. The van der Waals surface area contributed by atoms with E-state index in [1.165, 1.54) is 4.90 Å². The Balaban J connectivity index is 4.33. The van der Waals surface area contributed by atoms with Gasteiger partial charge in [0.1, 0.15) is 5.60 Å². The second-order valence-electron chi connectivity index (χ2n) is 4.28. The molecule has 0 spiro atoms. The average molecular weight is 223 g/mol. The Morgan fingerprint density at radius 1 is 1.19 bits per heavy atom. The summed E-state index contributed by atoms with van der Waals surface area (Å²) >= 11 is 0. The number of carbonyl (C=O) groups excluding carboxylic acids is 1. The van der Waals surface area contributed by atoms with Gasteiger partial charge in [-0.1, -0.05) is 0 Å². The molecule has 0 radical (unpaired) electrons. The summed E-state index contributed by atoms with van der Waals surface area (Å²) in [6, 6.07) is 3.92. The van der Waals surface area contributed by atoms with Crippen LogP contribution in [0.15, 0.2) is 0 Å². The molecule has 0 bridgehead atoms. The number of nitrogens with zero attached hydrogens (tertiary/aromatic N) is 3. The average Bonchev–Trinajstić information content (AvgIpc) is 2.15. The molecular formula is C11H17N3O2. The third-order valence-corrected chi connectivity index (χ3v) is 1.64. The van der Waals surface area contributed by atoms with Gasteiger partial charge in [-0.05, 0) is 20.8 Å². The molecule has 0 aromatic heterocycles. The summed E-state index contributed by atoms with van der Waals surface area (Å²) in [6.45, 7) is 5.92. The Labute approximate surface area is 96.2 Å². The van der Waals surface area contributed by atoms with Crippen molar-refractivity contribution in [3.8, 4) is 12.1 Å². The molecule has 5 nitrogen and oxygen atoms in total. The normalized spacial score (nSPS) is 10.1. The van der Waals surface area contributed by atoms with E-state index in [0.29, 0.717) is 13.1 Å². The minimum absolute atomic E-state index is 0.241. The van der Waals surface area contributed by atoms with Crippen LogP contribution in [0.4, 0.5) is 4.79 Å². The highest BCUT2D eigenvalue weighted by molar-refractivity contribution is 5.68. The van der Waals surface area contributed by atoms with Gasteiger partial charge in [-0.15, -0.1) is 0 Å². The van der Waals surface area contributed by atoms with Crippen LogP contribution in [0.2, 0.25) is 0 Å². The van der Waals surface area contributed by atoms with Crippen molar-refractivity contribution in [2.45, 2.75) is 39.2 Å². The van der Waals surface area contributed by atoms with E-state index < -0.39 is 11.7 Å². The van der Waals surface area contributed by atoms with E-state index in [1.807, 2.05) is 12.1 Å². The van der Waals surface area contributed by atoms with Gasteiger partial charge in [-0.25, -0.2) is 4.79 Å². The molecule has 88 valence electrons. The lowest BCUT2D eigenvalue weighted by Gasteiger charge is -2.26. The second-order valence-corrected chi connectivity index (χ2v) is 4.28. The SMILES string of the molecule is CC(C)(C)OC(=O)N(CCC#N)CCC#N. The van der Waals surface area contributed by atoms with Gasteiger partial charge in [0.2, 0.25) is 0 Å². The van der Waals surface area contributed by atoms with Gasteiger partial charge in [0, 0.05) is 13.1 Å². The van der Waals surface area contributed by atoms with Crippen LogP contribution in [-0.2, 0) is 4.74 Å². The number of rotatable bonds is 4. The molecule has 0 saturated heterocycles. The molecule has 0 fully saturated rings. The molecule has 0 aliphatic rings. The lowest BCUT2D eigenvalue weighted by molar-refractivity contribution is 0.0258. The van der Waals surface area contributed by atoms with Crippen LogP contribution in [0.5, 0.6) is 0 Å². The largest absolute Gasteiger partial charge is 0.444 e. The molecule has 0 aliphatic heterocycles. The van der Waals surface area contributed by atoms with Crippen molar-refractivity contribution in [3.63, 3.8) is 0 Å². The summed E-state index contributed by atoms with van der Waals surface area (Å²) in [5.41, 5.74) is -0.561. The highest BCUT2D eigenvalue weighted by Gasteiger charge is 2.21. The zero-order valence-corrected chi connectivity index (χ0v) is 9.99. The molecule has 16 heavy (non-hydrogen) atoms. The Kier molecular flexibility index (Phi) is 5.95. The Bertz CT molecular complexity index is 289. The first-order valence-electron chi connectivity index (χ1n) is 5.12. The first-order chi connectivity index (χ1) is 7.40. The van der Waals surface area contributed by atoms with Crippen LogP contribution >= 0.6 is 0 Å². The summed E-state index contributed by atoms with van der Waals surface area (Å²) in [6.07, 6.45) is 0.00742. The molecular weight excluding hydrogens is 206 g/mol. The van der Waals surface area contributed by atoms with Crippen molar-refractivity contribution in [2.24, 2.45) is 0 Å². The number of amides is 1. The standard InChI is InChI=1S/C11H17N3O2/c1-11(2,3)16-10(15)14(8-4-6-12)9-5-7-13/h4-5,8-9H2,1-3H3. The van der Waals surface area contributed by atoms with Crippen molar-refractivity contribution in [1.82, 2.24) is 4.90 Å². The van der Waals surface area contributed by atoms with Crippen LogP contribution in [0.1, 0.15) is 33.6 Å². The highest BCUT2D eigenvalue weighted by atomic mass is 16.6. The molecule has 0 atom stereocenters. The highest BCUT2D eigenvalue weighted by Crippen LogP contribution is 2.10. The summed E-state index contributed by atoms with van der Waals surface area (Å²) in [4.78, 5) is 13.0. The predicted molar refractivity (Wildman–Crippen MR) is 58.3 cm³/mol. The molecule has 0 aliphatic carbocycles. The minimum atomic E-state index is -0.561. The van der Waals surface area contributed by atoms with Gasteiger partial charge < -0.3 is 9.64 Å². The number of ether oxygens (including phenoxy) is 1. The molecule has 0 aromatic rings. The predicted octanol–water partition coefficient (Wildman–Crippen LogP) is 2.05. The molecule has 0 rings (SSSR count). The maximum atomic E-state index is 11.7. The fourth-order valence-electron chi connectivity index (χ4n) is 0.991. The van der Waals surface area contributed by atoms with Gasteiger partial charge in [0.25, 0.3) is 0 Å². The first-order valence-corrected chi connectivity index (χ1v) is 5.12. The summed E-state index contributed by atoms with van der Waals surface area (Å²) in [5.74, 6) is 0. The van der Waals surface area contributed by atoms with Gasteiger partial charge in [-0.3, -0.25) is 0 Å². The fourth-order valence-corrected chi connectivity index (χ4v) is 0.991. The van der Waals surface area contributed by atoms with E-state index in [2.05, 4.69) is 0 Å². The topological polar surface area (TPSA) is 77.1 Å². The van der Waals surface area contributed by atoms with E-state index in [-0.39, 0.29) is 12.8 Å². The second kappa shape index (κ2) is 6.68. The van der Waals surface area contributed by atoms with Crippen LogP contribution in [0.3, 0.4) is 0 Å². The van der Waals surface area contributed by atoms with E-state index in [1.54, 1.807) is 20.8 Å². The van der Waals surface area contributed by atoms with Crippen LogP contribution < -0.4 is 0 Å². The summed E-state index contributed by atoms with van der Waals surface area (Å²) in [5, 5.41) is 16.9. The van der Waals surface area contributed by atoms with Crippen LogP contribution in [-0.4, -0.2) is 29.7 Å². The molecule has 0 aromatic carbocycles. The van der Waals surface area contributed by atoms with Crippen LogP contribution in [0.25, 0.3) is 0 Å². The smallest absolute Gasteiger partial charge is 0.410 e. The quantitative estimate of drug-likeness (QED) is 0.730. The van der Waals surface area contributed by atoms with Gasteiger partial charge in [-0.2, -0.15) is 10.5 Å². The Morgan fingerprint density at radius 2 is 1.62 bits per heavy atom. The number of nitriles is 2. The maximum Gasteiger partial charge on any atom is 0.410 e. The van der Waals surface area contributed by atoms with Crippen LogP contribution in [0, 0.1) is 22.7 Å². The molecule has 0 unspecified atom stereocenters. The molecule has 0 saturated carbocycles. The van der Waals surface area contributed by atoms with Crippen molar-refractivity contribution < 1.29 is 9.53 Å². The first kappa shape index (κ1) is 14.2. The van der Waals surface area contributed by atoms with Crippen molar-refractivity contribution in [1.29, 1.82) is 10.5 Å². The van der Waals surface area contributed by atoms with Crippen molar-refractivity contribution >= 4 is 6.09 Å². The lowest BCUT2D eigenvalue weighted by Crippen LogP contribution is -2.37. The Morgan fingerprint density at radius 3 is 1.94 bits per heavy atom. The maximum absolute atomic E-state index is 11.7.